The lowest BCUT2D eigenvalue weighted by molar-refractivity contribution is -0.112. The molecule has 0 unspecified atom stereocenters. The number of primary amides is 1. The van der Waals surface area contributed by atoms with Crippen molar-refractivity contribution in [3.63, 3.8) is 0 Å². The molecule has 2 atom stereocenters. The number of pyridine rings is 1. The molecule has 1 amide bonds. The summed E-state index contributed by atoms with van der Waals surface area (Å²) in [6.45, 7) is 9.84. The van der Waals surface area contributed by atoms with Gasteiger partial charge in [0.2, 0.25) is 0 Å². The minimum atomic E-state index is -0.487. The van der Waals surface area contributed by atoms with E-state index in [4.69, 9.17) is 11.5 Å². The highest BCUT2D eigenvalue weighted by atomic mass is 16.1. The summed E-state index contributed by atoms with van der Waals surface area (Å²) in [6.07, 6.45) is 4.36. The number of carbonyl (C=O) groups excluding carboxylic acids is 1. The number of hydrogen-bond acceptors (Lipinski definition) is 4. The Hall–Kier alpha value is -2.14. The zero-order chi connectivity index (χ0) is 16.3. The van der Waals surface area contributed by atoms with Crippen molar-refractivity contribution in [2.75, 3.05) is 13.1 Å². The standard InChI is InChI=1S/C17H24N4O/c1-4-14(17(19)22)16-15(6-5-7-20-16)12(3)21-9-11(2)8-13(18)10-21/h4-7,11,13H,3,8-10,18H2,1-2H3,(H2,19,22)/b14-4+/t11-,13+/m0/s1. The lowest BCUT2D eigenvalue weighted by atomic mass is 9.94. The third-order valence-corrected chi connectivity index (χ3v) is 4.00. The maximum Gasteiger partial charge on any atom is 0.250 e. The first kappa shape index (κ1) is 16.2. The fourth-order valence-electron chi connectivity index (χ4n) is 3.04. The number of aromatic nitrogens is 1. The predicted molar refractivity (Wildman–Crippen MR) is 89.4 cm³/mol. The highest BCUT2D eigenvalue weighted by Crippen LogP contribution is 2.28. The van der Waals surface area contributed by atoms with Crippen molar-refractivity contribution in [2.24, 2.45) is 17.4 Å². The van der Waals surface area contributed by atoms with Crippen LogP contribution in [0.2, 0.25) is 0 Å². The fraction of sp³-hybridized carbons (Fsp3) is 0.412. The number of nitrogens with two attached hydrogens (primary N) is 2. The molecule has 1 aliphatic heterocycles. The molecule has 1 aliphatic rings. The smallest absolute Gasteiger partial charge is 0.250 e. The normalized spacial score (nSPS) is 22.5. The summed E-state index contributed by atoms with van der Waals surface area (Å²) in [6, 6.07) is 3.89. The van der Waals surface area contributed by atoms with E-state index in [1.54, 1.807) is 19.2 Å². The van der Waals surface area contributed by atoms with Crippen molar-refractivity contribution in [1.82, 2.24) is 9.88 Å². The van der Waals surface area contributed by atoms with E-state index in [2.05, 4.69) is 23.4 Å². The van der Waals surface area contributed by atoms with Gasteiger partial charge in [0.1, 0.15) is 0 Å². The maximum atomic E-state index is 11.6. The van der Waals surface area contributed by atoms with Crippen LogP contribution in [0.4, 0.5) is 0 Å². The zero-order valence-electron chi connectivity index (χ0n) is 13.2. The number of nitrogens with zero attached hydrogens (tertiary/aromatic N) is 2. The van der Waals surface area contributed by atoms with E-state index in [9.17, 15) is 4.79 Å². The Labute approximate surface area is 131 Å². The van der Waals surface area contributed by atoms with Gasteiger partial charge in [-0.3, -0.25) is 9.78 Å². The second-order valence-electron chi connectivity index (χ2n) is 5.92. The zero-order valence-corrected chi connectivity index (χ0v) is 13.2. The van der Waals surface area contributed by atoms with Crippen molar-refractivity contribution in [3.8, 4) is 0 Å². The first-order valence-electron chi connectivity index (χ1n) is 7.55. The lowest BCUT2D eigenvalue weighted by Gasteiger charge is -2.37. The summed E-state index contributed by atoms with van der Waals surface area (Å²) < 4.78 is 0. The van der Waals surface area contributed by atoms with Gasteiger partial charge in [-0.1, -0.05) is 19.6 Å². The number of piperidine rings is 1. The summed E-state index contributed by atoms with van der Waals surface area (Å²) in [4.78, 5) is 18.1. The molecule has 5 nitrogen and oxygen atoms in total. The third-order valence-electron chi connectivity index (χ3n) is 4.00. The lowest BCUT2D eigenvalue weighted by Crippen LogP contribution is -2.45. The average Bonchev–Trinajstić information content (AvgIpc) is 2.46. The van der Waals surface area contributed by atoms with E-state index >= 15 is 0 Å². The first-order valence-corrected chi connectivity index (χ1v) is 7.55. The van der Waals surface area contributed by atoms with Gasteiger partial charge in [-0.25, -0.2) is 0 Å². The number of allylic oxidation sites excluding steroid dienone is 1. The van der Waals surface area contributed by atoms with Gasteiger partial charge >= 0.3 is 0 Å². The molecule has 2 heterocycles. The Kier molecular flexibility index (Phi) is 4.98. The Morgan fingerprint density at radius 3 is 2.82 bits per heavy atom. The molecule has 1 aromatic rings. The van der Waals surface area contributed by atoms with Crippen molar-refractivity contribution >= 4 is 17.2 Å². The van der Waals surface area contributed by atoms with Crippen molar-refractivity contribution in [2.45, 2.75) is 26.3 Å². The molecular formula is C17H24N4O. The Morgan fingerprint density at radius 1 is 1.50 bits per heavy atom. The van der Waals surface area contributed by atoms with Crippen molar-refractivity contribution < 1.29 is 4.79 Å². The molecule has 22 heavy (non-hydrogen) atoms. The van der Waals surface area contributed by atoms with Crippen LogP contribution in [0.1, 0.15) is 31.5 Å². The van der Waals surface area contributed by atoms with E-state index < -0.39 is 5.91 Å². The van der Waals surface area contributed by atoms with Gasteiger partial charge in [0, 0.05) is 36.6 Å². The SMILES string of the molecule is C=C(c1cccnc1/C(=C\C)C(N)=O)N1C[C@@H](C)C[C@@H](N)C1. The second kappa shape index (κ2) is 6.75. The number of rotatable bonds is 4. The largest absolute Gasteiger partial charge is 0.370 e. The Bertz CT molecular complexity index is 598. The first-order chi connectivity index (χ1) is 10.4. The highest BCUT2D eigenvalue weighted by molar-refractivity contribution is 6.19. The second-order valence-corrected chi connectivity index (χ2v) is 5.92. The van der Waals surface area contributed by atoms with Crippen LogP contribution in [0.25, 0.3) is 11.3 Å². The molecule has 0 radical (unpaired) electrons. The molecule has 5 heteroatoms. The van der Waals surface area contributed by atoms with E-state index in [-0.39, 0.29) is 6.04 Å². The summed E-state index contributed by atoms with van der Waals surface area (Å²) >= 11 is 0. The summed E-state index contributed by atoms with van der Waals surface area (Å²) in [7, 11) is 0. The molecular weight excluding hydrogens is 276 g/mol. The quantitative estimate of drug-likeness (QED) is 0.827. The minimum Gasteiger partial charge on any atom is -0.370 e. The van der Waals surface area contributed by atoms with Crippen LogP contribution >= 0.6 is 0 Å². The molecule has 1 saturated heterocycles. The average molecular weight is 300 g/mol. The van der Waals surface area contributed by atoms with E-state index in [1.807, 2.05) is 12.1 Å². The van der Waals surface area contributed by atoms with Crippen LogP contribution in [-0.4, -0.2) is 34.9 Å². The topological polar surface area (TPSA) is 85.2 Å². The molecule has 0 bridgehead atoms. The van der Waals surface area contributed by atoms with E-state index in [0.717, 1.165) is 30.8 Å². The van der Waals surface area contributed by atoms with Gasteiger partial charge in [-0.05, 0) is 31.4 Å². The number of carbonyl (C=O) groups is 1. The molecule has 0 spiro atoms. The summed E-state index contributed by atoms with van der Waals surface area (Å²) in [5.41, 5.74) is 14.2. The van der Waals surface area contributed by atoms with Gasteiger partial charge in [0.15, 0.2) is 0 Å². The van der Waals surface area contributed by atoms with Crippen molar-refractivity contribution in [3.05, 3.63) is 42.2 Å². The van der Waals surface area contributed by atoms with E-state index in [0.29, 0.717) is 17.2 Å². The van der Waals surface area contributed by atoms with Gasteiger partial charge in [-0.2, -0.15) is 0 Å². The highest BCUT2D eigenvalue weighted by Gasteiger charge is 2.25. The number of hydrogen-bond donors (Lipinski definition) is 2. The Morgan fingerprint density at radius 2 is 2.23 bits per heavy atom. The van der Waals surface area contributed by atoms with Crippen LogP contribution in [0, 0.1) is 5.92 Å². The van der Waals surface area contributed by atoms with Crippen LogP contribution < -0.4 is 11.5 Å². The summed E-state index contributed by atoms with van der Waals surface area (Å²) in [5, 5.41) is 0. The van der Waals surface area contributed by atoms with Gasteiger partial charge in [-0.15, -0.1) is 0 Å². The van der Waals surface area contributed by atoms with Gasteiger partial charge in [0.25, 0.3) is 5.91 Å². The number of amides is 1. The molecule has 1 aromatic heterocycles. The third kappa shape index (κ3) is 3.36. The predicted octanol–water partition coefficient (Wildman–Crippen LogP) is 1.61. The molecule has 0 aromatic carbocycles. The summed E-state index contributed by atoms with van der Waals surface area (Å²) in [5.74, 6) is 0.0249. The van der Waals surface area contributed by atoms with Gasteiger partial charge in [0.05, 0.1) is 11.3 Å². The molecule has 4 N–H and O–H groups in total. The fourth-order valence-corrected chi connectivity index (χ4v) is 3.04. The minimum absolute atomic E-state index is 0.137. The molecule has 0 saturated carbocycles. The van der Waals surface area contributed by atoms with Crippen LogP contribution in [0.15, 0.2) is 31.0 Å². The van der Waals surface area contributed by atoms with Gasteiger partial charge < -0.3 is 16.4 Å². The van der Waals surface area contributed by atoms with Crippen molar-refractivity contribution in [1.29, 1.82) is 0 Å². The van der Waals surface area contributed by atoms with Crippen LogP contribution in [-0.2, 0) is 4.79 Å². The molecule has 1 fully saturated rings. The van der Waals surface area contributed by atoms with Crippen LogP contribution in [0.5, 0.6) is 0 Å². The molecule has 118 valence electrons. The van der Waals surface area contributed by atoms with Crippen LogP contribution in [0.3, 0.4) is 0 Å². The molecule has 2 rings (SSSR count). The maximum absolute atomic E-state index is 11.6. The number of likely N-dealkylation sites (tertiary alicyclic amines) is 1. The Balaban J connectivity index is 2.36. The molecule has 0 aliphatic carbocycles. The van der Waals surface area contributed by atoms with E-state index in [1.165, 1.54) is 0 Å². The monoisotopic (exact) mass is 300 g/mol.